The third-order valence-corrected chi connectivity index (χ3v) is 4.53. The quantitative estimate of drug-likeness (QED) is 0.552. The van der Waals surface area contributed by atoms with Crippen LogP contribution in [0.15, 0.2) is 42.6 Å². The first-order valence-electron chi connectivity index (χ1n) is 9.78. The van der Waals surface area contributed by atoms with Gasteiger partial charge in [-0.25, -0.2) is 14.5 Å². The Morgan fingerprint density at radius 2 is 1.86 bits per heavy atom. The number of rotatable bonds is 9. The number of benzene rings is 1. The molecular weight excluding hydrogens is 368 g/mol. The molecule has 0 amide bonds. The van der Waals surface area contributed by atoms with Gasteiger partial charge in [-0.3, -0.25) is 9.78 Å². The number of carbonyl (C=O) groups excluding carboxylic acids is 1. The highest BCUT2D eigenvalue weighted by Gasteiger charge is 2.16. The molecule has 150 valence electrons. The lowest BCUT2D eigenvalue weighted by molar-refractivity contribution is 0.0697. The number of ketones is 1. The molecule has 0 fully saturated rings. The lowest BCUT2D eigenvalue weighted by atomic mass is 10.0. The number of nitrogens with zero attached hydrogens (tertiary/aromatic N) is 4. The van der Waals surface area contributed by atoms with Crippen molar-refractivity contribution in [2.75, 3.05) is 0 Å². The Balaban J connectivity index is 1.85. The van der Waals surface area contributed by atoms with E-state index in [9.17, 15) is 14.7 Å². The standard InChI is InChI=1S/C22H24N4O3/c1-3-7-19(27)21-24-20(26(25-21)12-4-2)13-15-10-11-18(23-14-15)16-8-5-6-9-17(16)22(28)29/h5-6,8-11,14H,3-4,7,12-13H2,1-2H3,(H,28,29). The predicted molar refractivity (Wildman–Crippen MR) is 109 cm³/mol. The van der Waals surface area contributed by atoms with Gasteiger partial charge < -0.3 is 5.11 Å². The van der Waals surface area contributed by atoms with Gasteiger partial charge in [0.25, 0.3) is 0 Å². The molecule has 7 heteroatoms. The molecule has 3 aromatic rings. The molecule has 0 radical (unpaired) electrons. The maximum Gasteiger partial charge on any atom is 0.336 e. The number of hydrogen-bond acceptors (Lipinski definition) is 5. The van der Waals surface area contributed by atoms with E-state index in [1.54, 1.807) is 41.2 Å². The smallest absolute Gasteiger partial charge is 0.336 e. The number of carbonyl (C=O) groups is 2. The molecule has 0 bridgehead atoms. The summed E-state index contributed by atoms with van der Waals surface area (Å²) in [5, 5.41) is 13.8. The van der Waals surface area contributed by atoms with E-state index in [0.29, 0.717) is 30.6 Å². The van der Waals surface area contributed by atoms with Crippen molar-refractivity contribution >= 4 is 11.8 Å². The highest BCUT2D eigenvalue weighted by Crippen LogP contribution is 2.22. The lowest BCUT2D eigenvalue weighted by Crippen LogP contribution is -2.07. The zero-order chi connectivity index (χ0) is 20.8. The van der Waals surface area contributed by atoms with Crippen molar-refractivity contribution in [1.82, 2.24) is 19.7 Å². The van der Waals surface area contributed by atoms with E-state index in [0.717, 1.165) is 24.2 Å². The summed E-state index contributed by atoms with van der Waals surface area (Å²) >= 11 is 0. The summed E-state index contributed by atoms with van der Waals surface area (Å²) in [6.45, 7) is 4.70. The minimum Gasteiger partial charge on any atom is -0.478 e. The predicted octanol–water partition coefficient (Wildman–Crippen LogP) is 4.02. The van der Waals surface area contributed by atoms with E-state index in [1.807, 2.05) is 13.0 Å². The Bertz CT molecular complexity index is 1010. The highest BCUT2D eigenvalue weighted by atomic mass is 16.4. The minimum atomic E-state index is -0.983. The van der Waals surface area contributed by atoms with Gasteiger partial charge in [-0.1, -0.05) is 38.1 Å². The fraction of sp³-hybridized carbons (Fsp3) is 0.318. The van der Waals surface area contributed by atoms with Crippen LogP contribution in [0.3, 0.4) is 0 Å². The number of Topliss-reactive ketones (excluding diaryl/α,β-unsaturated/α-hetero) is 1. The van der Waals surface area contributed by atoms with Crippen molar-refractivity contribution in [2.24, 2.45) is 0 Å². The minimum absolute atomic E-state index is 0.0395. The first-order valence-corrected chi connectivity index (χ1v) is 9.78. The van der Waals surface area contributed by atoms with Crippen LogP contribution in [0.4, 0.5) is 0 Å². The van der Waals surface area contributed by atoms with Gasteiger partial charge >= 0.3 is 5.97 Å². The van der Waals surface area contributed by atoms with Crippen LogP contribution in [0.1, 0.15) is 65.5 Å². The summed E-state index contributed by atoms with van der Waals surface area (Å²) in [6, 6.07) is 10.5. The molecule has 0 atom stereocenters. The van der Waals surface area contributed by atoms with E-state index in [1.165, 1.54) is 0 Å². The Morgan fingerprint density at radius 1 is 1.07 bits per heavy atom. The molecule has 7 nitrogen and oxygen atoms in total. The summed E-state index contributed by atoms with van der Waals surface area (Å²) in [4.78, 5) is 32.5. The molecule has 0 saturated carbocycles. The number of hydrogen-bond donors (Lipinski definition) is 1. The van der Waals surface area contributed by atoms with Crippen molar-refractivity contribution in [3.63, 3.8) is 0 Å². The largest absolute Gasteiger partial charge is 0.478 e. The van der Waals surface area contributed by atoms with E-state index >= 15 is 0 Å². The molecule has 0 spiro atoms. The topological polar surface area (TPSA) is 98.0 Å². The van der Waals surface area contributed by atoms with Crippen LogP contribution in [-0.4, -0.2) is 36.6 Å². The second-order valence-corrected chi connectivity index (χ2v) is 6.83. The van der Waals surface area contributed by atoms with Crippen molar-refractivity contribution in [3.8, 4) is 11.3 Å². The van der Waals surface area contributed by atoms with Gasteiger partial charge in [0.1, 0.15) is 5.82 Å². The fourth-order valence-corrected chi connectivity index (χ4v) is 3.12. The van der Waals surface area contributed by atoms with Crippen LogP contribution in [0.2, 0.25) is 0 Å². The van der Waals surface area contributed by atoms with Crippen LogP contribution in [0.5, 0.6) is 0 Å². The van der Waals surface area contributed by atoms with Crippen LogP contribution >= 0.6 is 0 Å². The number of pyridine rings is 1. The molecule has 1 N–H and O–H groups in total. The second kappa shape index (κ2) is 9.23. The average molecular weight is 392 g/mol. The fourth-order valence-electron chi connectivity index (χ4n) is 3.12. The summed E-state index contributed by atoms with van der Waals surface area (Å²) in [6.07, 6.45) is 4.31. The maximum absolute atomic E-state index is 12.2. The number of aromatic nitrogens is 4. The number of carboxylic acid groups (broad SMARTS) is 1. The van der Waals surface area contributed by atoms with Gasteiger partial charge in [-0.05, 0) is 30.5 Å². The molecule has 0 saturated heterocycles. The Kier molecular flexibility index (Phi) is 6.49. The molecule has 29 heavy (non-hydrogen) atoms. The Labute approximate surface area is 169 Å². The van der Waals surface area contributed by atoms with Crippen LogP contribution in [-0.2, 0) is 13.0 Å². The SMILES string of the molecule is CCCC(=O)c1nc(Cc2ccc(-c3ccccc3C(=O)O)nc2)n(CCC)n1. The van der Waals surface area contributed by atoms with Gasteiger partial charge in [0, 0.05) is 31.1 Å². The summed E-state index contributed by atoms with van der Waals surface area (Å²) in [7, 11) is 0. The first-order chi connectivity index (χ1) is 14.0. The van der Waals surface area contributed by atoms with Gasteiger partial charge in [0.2, 0.25) is 11.6 Å². The molecule has 0 aliphatic carbocycles. The molecule has 2 heterocycles. The third kappa shape index (κ3) is 4.74. The normalized spacial score (nSPS) is 10.8. The van der Waals surface area contributed by atoms with Crippen molar-refractivity contribution < 1.29 is 14.7 Å². The maximum atomic E-state index is 12.2. The lowest BCUT2D eigenvalue weighted by Gasteiger charge is -2.07. The molecule has 1 aromatic carbocycles. The van der Waals surface area contributed by atoms with Crippen LogP contribution < -0.4 is 0 Å². The number of carboxylic acids is 1. The Morgan fingerprint density at radius 3 is 2.52 bits per heavy atom. The molecular formula is C22H24N4O3. The second-order valence-electron chi connectivity index (χ2n) is 6.83. The summed E-state index contributed by atoms with van der Waals surface area (Å²) < 4.78 is 1.79. The monoisotopic (exact) mass is 392 g/mol. The van der Waals surface area contributed by atoms with Crippen LogP contribution in [0.25, 0.3) is 11.3 Å². The van der Waals surface area contributed by atoms with Crippen molar-refractivity contribution in [1.29, 1.82) is 0 Å². The highest BCUT2D eigenvalue weighted by molar-refractivity contribution is 5.95. The van der Waals surface area contributed by atoms with Gasteiger partial charge in [-0.15, -0.1) is 5.10 Å². The molecule has 3 rings (SSSR count). The average Bonchev–Trinajstić information content (AvgIpc) is 3.12. The van der Waals surface area contributed by atoms with Crippen LogP contribution in [0, 0.1) is 0 Å². The van der Waals surface area contributed by atoms with Gasteiger partial charge in [0.05, 0.1) is 11.3 Å². The van der Waals surface area contributed by atoms with E-state index in [-0.39, 0.29) is 17.2 Å². The Hall–Kier alpha value is -3.35. The molecule has 2 aromatic heterocycles. The summed E-state index contributed by atoms with van der Waals surface area (Å²) in [5.41, 5.74) is 2.31. The number of aromatic carboxylic acids is 1. The van der Waals surface area contributed by atoms with E-state index in [4.69, 9.17) is 0 Å². The first kappa shape index (κ1) is 20.4. The number of aryl methyl sites for hydroxylation is 1. The van der Waals surface area contributed by atoms with Crippen molar-refractivity contribution in [3.05, 3.63) is 65.4 Å². The van der Waals surface area contributed by atoms with Gasteiger partial charge in [0.15, 0.2) is 0 Å². The third-order valence-electron chi connectivity index (χ3n) is 4.53. The van der Waals surface area contributed by atoms with Crippen molar-refractivity contribution in [2.45, 2.75) is 46.1 Å². The summed E-state index contributed by atoms with van der Waals surface area (Å²) in [5.74, 6) is -0.0205. The van der Waals surface area contributed by atoms with Gasteiger partial charge in [-0.2, -0.15) is 0 Å². The van der Waals surface area contributed by atoms with E-state index < -0.39 is 5.97 Å². The zero-order valence-corrected chi connectivity index (χ0v) is 16.6. The zero-order valence-electron chi connectivity index (χ0n) is 16.6. The molecule has 0 unspecified atom stereocenters. The molecule has 0 aliphatic rings. The van der Waals surface area contributed by atoms with E-state index in [2.05, 4.69) is 22.0 Å². The molecule has 0 aliphatic heterocycles.